The highest BCUT2D eigenvalue weighted by Gasteiger charge is 1.68. The number of hydrogen-bond donors (Lipinski definition) is 0. The lowest BCUT2D eigenvalue weighted by Crippen LogP contribution is -1.66. The van der Waals surface area contributed by atoms with E-state index in [9.17, 15) is 8.42 Å². The lowest BCUT2D eigenvalue weighted by atomic mass is 10.3. The lowest BCUT2D eigenvalue weighted by molar-refractivity contribution is 0.00944. The van der Waals surface area contributed by atoms with Gasteiger partial charge in [-0.25, -0.2) is 0 Å². The van der Waals surface area contributed by atoms with Gasteiger partial charge in [-0.05, 0) is 5.92 Å². The summed E-state index contributed by atoms with van der Waals surface area (Å²) < 4.78 is 18.5. The number of rotatable bonds is 0. The third-order valence-electron chi connectivity index (χ3n) is 0.115. The van der Waals surface area contributed by atoms with Crippen LogP contribution in [0.3, 0.4) is 0 Å². The third-order valence-corrected chi connectivity index (χ3v) is 0.346. The molecule has 5 heteroatoms. The van der Waals surface area contributed by atoms with Crippen molar-refractivity contribution in [1.29, 1.82) is 0 Å². The van der Waals surface area contributed by atoms with E-state index >= 15 is 0 Å². The van der Waals surface area contributed by atoms with Crippen LogP contribution < -0.4 is 0 Å². The van der Waals surface area contributed by atoms with Crippen LogP contribution in [0.4, 0.5) is 0 Å². The van der Waals surface area contributed by atoms with Gasteiger partial charge in [-0.15, -0.1) is 0 Å². The normalized spacial score (nSPS) is 6.80. The Morgan fingerprint density at radius 2 is 1.70 bits per heavy atom. The van der Waals surface area contributed by atoms with Crippen molar-refractivity contribution in [2.24, 2.45) is 5.92 Å². The van der Waals surface area contributed by atoms with Crippen molar-refractivity contribution in [2.75, 3.05) is 0 Å². The summed E-state index contributed by atoms with van der Waals surface area (Å²) in [7, 11) is -2.48. The standard InChI is InChI=1S/C4H10.CN2O2S/c1-4(2)3;2-3-1-6(4)5/h4H,1-3H3;. The van der Waals surface area contributed by atoms with E-state index in [0.717, 1.165) is 5.92 Å². The molecule has 58 valence electrons. The van der Waals surface area contributed by atoms with Crippen molar-refractivity contribution in [2.45, 2.75) is 20.8 Å². The Balaban J connectivity index is 0. The molecule has 0 aromatic rings. The molecule has 0 fully saturated rings. The van der Waals surface area contributed by atoms with Crippen LogP contribution in [-0.4, -0.2) is 18.4 Å². The van der Waals surface area contributed by atoms with E-state index in [2.05, 4.69) is 25.6 Å². The highest BCUT2D eigenvalue weighted by Crippen LogP contribution is 1.81. The third kappa shape index (κ3) is 59.6. The van der Waals surface area contributed by atoms with Crippen molar-refractivity contribution in [3.05, 3.63) is 5.53 Å². The first kappa shape index (κ1) is 11.9. The van der Waals surface area contributed by atoms with Gasteiger partial charge in [-0.2, -0.15) is 8.42 Å². The van der Waals surface area contributed by atoms with Gasteiger partial charge in [-0.3, -0.25) is 0 Å². The van der Waals surface area contributed by atoms with E-state index in [1.807, 2.05) is 0 Å². The molecule has 0 aliphatic heterocycles. The molecule has 0 amide bonds. The Hall–Kier alpha value is -0.890. The van der Waals surface area contributed by atoms with Crippen LogP contribution in [0.25, 0.3) is 5.53 Å². The summed E-state index contributed by atoms with van der Waals surface area (Å²) in [5.41, 5.74) is 7.36. The first-order valence-corrected chi connectivity index (χ1v) is 3.77. The monoisotopic (exact) mass is 162 g/mol. The fourth-order valence-corrected chi connectivity index (χ4v) is 0.100. The summed E-state index contributed by atoms with van der Waals surface area (Å²) in [4.78, 5) is 2.07. The molecule has 0 spiro atoms. The molecular weight excluding hydrogens is 152 g/mol. The van der Waals surface area contributed by atoms with Crippen LogP contribution in [0.15, 0.2) is 0 Å². The summed E-state index contributed by atoms with van der Waals surface area (Å²) in [5, 5.41) is 1.31. The van der Waals surface area contributed by atoms with E-state index in [0.29, 0.717) is 0 Å². The maximum Gasteiger partial charge on any atom is 0.436 e. The Bertz CT molecular complexity index is 232. The second kappa shape index (κ2) is 8.11. The lowest BCUT2D eigenvalue weighted by Gasteiger charge is -1.79. The molecule has 0 aromatic heterocycles. The van der Waals surface area contributed by atoms with Crippen LogP contribution in [-0.2, 0) is 10.3 Å². The van der Waals surface area contributed by atoms with Crippen molar-refractivity contribution in [1.82, 2.24) is 0 Å². The van der Waals surface area contributed by atoms with Gasteiger partial charge in [0.15, 0.2) is 0 Å². The average Bonchev–Trinajstić information content (AvgIpc) is 1.62. The Morgan fingerprint density at radius 3 is 1.70 bits per heavy atom. The molecule has 0 atom stereocenters. The highest BCUT2D eigenvalue weighted by molar-refractivity contribution is 7.70. The number of isothiocyanates is 1. The maximum atomic E-state index is 9.23. The van der Waals surface area contributed by atoms with Gasteiger partial charge in [0, 0.05) is 0 Å². The van der Waals surface area contributed by atoms with Gasteiger partial charge in [0.05, 0.1) is 0 Å². The topological polar surface area (TPSA) is 70.5 Å². The van der Waals surface area contributed by atoms with E-state index in [1.165, 1.54) is 5.16 Å². The van der Waals surface area contributed by atoms with Crippen molar-refractivity contribution in [3.63, 3.8) is 0 Å². The summed E-state index contributed by atoms with van der Waals surface area (Å²) in [6.45, 7) is 6.50. The maximum absolute atomic E-state index is 9.23. The minimum absolute atomic E-state index is 0.833. The molecule has 0 saturated carbocycles. The van der Waals surface area contributed by atoms with Gasteiger partial charge in [0.2, 0.25) is 0 Å². The van der Waals surface area contributed by atoms with Gasteiger partial charge < -0.3 is 5.53 Å². The molecule has 0 saturated heterocycles. The van der Waals surface area contributed by atoms with Crippen molar-refractivity contribution >= 4 is 15.5 Å². The zero-order valence-electron chi connectivity index (χ0n) is 6.20. The minimum atomic E-state index is -2.48. The van der Waals surface area contributed by atoms with Gasteiger partial charge in [-0.1, -0.05) is 25.6 Å². The molecule has 0 bridgehead atoms. The first-order chi connectivity index (χ1) is 4.50. The summed E-state index contributed by atoms with van der Waals surface area (Å²) >= 11 is 0. The number of hydrogen-bond acceptors (Lipinski definition) is 2. The summed E-state index contributed by atoms with van der Waals surface area (Å²) in [6, 6.07) is 0. The largest absolute Gasteiger partial charge is 0.436 e. The SMILES string of the molecule is CC(C)C.[N-]=[N+]=C=S(=O)=O. The quantitative estimate of drug-likeness (QED) is 0.227. The summed E-state index contributed by atoms with van der Waals surface area (Å²) in [6.07, 6.45) is 0. The predicted octanol–water partition coefficient (Wildman–Crippen LogP) is 0.663. The second-order valence-electron chi connectivity index (χ2n) is 2.16. The molecule has 0 unspecified atom stereocenters. The van der Waals surface area contributed by atoms with Gasteiger partial charge >= 0.3 is 15.5 Å². The molecular formula is C5H10N2O2S. The van der Waals surface area contributed by atoms with Crippen molar-refractivity contribution < 1.29 is 13.2 Å². The minimum Gasteiger partial charge on any atom is -0.347 e. The fraction of sp³-hybridized carbons (Fsp3) is 0.800. The Morgan fingerprint density at radius 1 is 1.40 bits per heavy atom. The molecule has 0 aromatic carbocycles. The van der Waals surface area contributed by atoms with E-state index in [-0.39, 0.29) is 0 Å². The molecule has 10 heavy (non-hydrogen) atoms. The Labute approximate surface area is 61.6 Å². The fourth-order valence-electron chi connectivity index (χ4n) is 0.0333. The van der Waals surface area contributed by atoms with Crippen LogP contribution in [0, 0.1) is 5.92 Å². The van der Waals surface area contributed by atoms with Gasteiger partial charge in [0.25, 0.3) is 0 Å². The first-order valence-electron chi connectivity index (χ1n) is 2.69. The van der Waals surface area contributed by atoms with Crippen LogP contribution >= 0.6 is 0 Å². The molecule has 0 aliphatic rings. The van der Waals surface area contributed by atoms with Crippen LogP contribution in [0.2, 0.25) is 0 Å². The predicted molar refractivity (Wildman–Crippen MR) is 38.1 cm³/mol. The second-order valence-corrected chi connectivity index (χ2v) is 2.81. The molecule has 0 N–H and O–H groups in total. The molecule has 0 radical (unpaired) electrons. The van der Waals surface area contributed by atoms with E-state index in [1.54, 1.807) is 0 Å². The molecule has 4 nitrogen and oxygen atoms in total. The van der Waals surface area contributed by atoms with Crippen molar-refractivity contribution in [3.8, 4) is 0 Å². The van der Waals surface area contributed by atoms with Crippen LogP contribution in [0.5, 0.6) is 0 Å². The molecule has 0 heterocycles. The zero-order chi connectivity index (χ0) is 8.57. The van der Waals surface area contributed by atoms with E-state index < -0.39 is 10.3 Å². The summed E-state index contributed by atoms with van der Waals surface area (Å²) in [5.74, 6) is 0.833. The Kier molecular flexibility index (Phi) is 9.61. The van der Waals surface area contributed by atoms with Gasteiger partial charge in [0.1, 0.15) is 0 Å². The molecule has 0 rings (SSSR count). The van der Waals surface area contributed by atoms with E-state index in [4.69, 9.17) is 5.53 Å². The highest BCUT2D eigenvalue weighted by atomic mass is 32.2. The average molecular weight is 162 g/mol. The smallest absolute Gasteiger partial charge is 0.347 e. The van der Waals surface area contributed by atoms with Crippen LogP contribution in [0.1, 0.15) is 20.8 Å². The zero-order valence-corrected chi connectivity index (χ0v) is 7.01. The number of nitrogens with zero attached hydrogens (tertiary/aromatic N) is 2. The molecule has 0 aliphatic carbocycles.